The van der Waals surface area contributed by atoms with Crippen molar-refractivity contribution in [3.63, 3.8) is 0 Å². The van der Waals surface area contributed by atoms with Crippen molar-refractivity contribution >= 4 is 11.6 Å². The Kier molecular flexibility index (Phi) is 3.87. The third kappa shape index (κ3) is 3.11. The molecule has 1 aromatic carbocycles. The molecule has 0 fully saturated rings. The van der Waals surface area contributed by atoms with Gasteiger partial charge in [0.25, 0.3) is 0 Å². The van der Waals surface area contributed by atoms with Crippen LogP contribution in [0.5, 0.6) is 0 Å². The van der Waals surface area contributed by atoms with Crippen molar-refractivity contribution in [2.75, 3.05) is 7.05 Å². The monoisotopic (exact) mass is 249 g/mol. The van der Waals surface area contributed by atoms with Crippen LogP contribution >= 0.6 is 11.6 Å². The Hall–Kier alpha value is -1.25. The van der Waals surface area contributed by atoms with Crippen molar-refractivity contribution in [3.8, 4) is 11.3 Å². The van der Waals surface area contributed by atoms with Gasteiger partial charge in [0, 0.05) is 23.0 Å². The fourth-order valence-electron chi connectivity index (χ4n) is 1.66. The molecule has 90 valence electrons. The number of rotatable bonds is 4. The van der Waals surface area contributed by atoms with E-state index in [4.69, 9.17) is 16.0 Å². The summed E-state index contributed by atoms with van der Waals surface area (Å²) in [7, 11) is 1.95. The van der Waals surface area contributed by atoms with E-state index in [1.165, 1.54) is 0 Å². The molecule has 2 rings (SSSR count). The van der Waals surface area contributed by atoms with Gasteiger partial charge in [-0.25, -0.2) is 0 Å². The number of likely N-dealkylation sites (N-methyl/N-ethyl adjacent to an activating group) is 1. The molecule has 0 aliphatic rings. The predicted octanol–water partition coefficient (Wildman–Crippen LogP) is 3.75. The Labute approximate surface area is 107 Å². The molecule has 0 aliphatic heterocycles. The first-order valence-corrected chi connectivity index (χ1v) is 6.09. The molecule has 0 spiro atoms. The van der Waals surface area contributed by atoms with Crippen LogP contribution in [0.15, 0.2) is 40.8 Å². The van der Waals surface area contributed by atoms with Gasteiger partial charge in [-0.1, -0.05) is 11.6 Å². The fourth-order valence-corrected chi connectivity index (χ4v) is 1.79. The Morgan fingerprint density at radius 2 is 1.88 bits per heavy atom. The topological polar surface area (TPSA) is 25.2 Å². The standard InChI is InChI=1S/C14H16ClNO/c1-10(16-2)9-13-7-8-14(17-13)11-3-5-12(15)6-4-11/h3-8,10,16H,9H2,1-2H3. The van der Waals surface area contributed by atoms with Crippen molar-refractivity contribution < 1.29 is 4.42 Å². The summed E-state index contributed by atoms with van der Waals surface area (Å²) >= 11 is 5.85. The van der Waals surface area contributed by atoms with E-state index in [1.807, 2.05) is 43.4 Å². The summed E-state index contributed by atoms with van der Waals surface area (Å²) in [6.07, 6.45) is 0.893. The predicted molar refractivity (Wildman–Crippen MR) is 71.4 cm³/mol. The molecule has 0 aliphatic carbocycles. The summed E-state index contributed by atoms with van der Waals surface area (Å²) < 4.78 is 5.80. The van der Waals surface area contributed by atoms with Gasteiger partial charge in [-0.2, -0.15) is 0 Å². The second-order valence-electron chi connectivity index (χ2n) is 4.17. The van der Waals surface area contributed by atoms with Gasteiger partial charge in [0.15, 0.2) is 0 Å². The molecule has 0 amide bonds. The van der Waals surface area contributed by atoms with E-state index in [1.54, 1.807) is 0 Å². The number of hydrogen-bond donors (Lipinski definition) is 1. The highest BCUT2D eigenvalue weighted by Crippen LogP contribution is 2.24. The van der Waals surface area contributed by atoms with Crippen LogP contribution in [0, 0.1) is 0 Å². The molecule has 1 heterocycles. The SMILES string of the molecule is CNC(C)Cc1ccc(-c2ccc(Cl)cc2)o1. The summed E-state index contributed by atoms with van der Waals surface area (Å²) in [6.45, 7) is 2.13. The Balaban J connectivity index is 2.15. The number of benzene rings is 1. The number of nitrogens with one attached hydrogen (secondary N) is 1. The molecular formula is C14H16ClNO. The van der Waals surface area contributed by atoms with Gasteiger partial charge < -0.3 is 9.73 Å². The van der Waals surface area contributed by atoms with E-state index in [0.717, 1.165) is 28.5 Å². The third-order valence-electron chi connectivity index (χ3n) is 2.79. The van der Waals surface area contributed by atoms with Gasteiger partial charge in [0.2, 0.25) is 0 Å². The summed E-state index contributed by atoms with van der Waals surface area (Å²) in [5.74, 6) is 1.89. The molecule has 2 nitrogen and oxygen atoms in total. The molecule has 2 aromatic rings. The van der Waals surface area contributed by atoms with E-state index in [9.17, 15) is 0 Å². The molecule has 1 unspecified atom stereocenters. The quantitative estimate of drug-likeness (QED) is 0.893. The van der Waals surface area contributed by atoms with E-state index in [-0.39, 0.29) is 0 Å². The summed E-state index contributed by atoms with van der Waals surface area (Å²) in [5, 5.41) is 3.93. The highest BCUT2D eigenvalue weighted by atomic mass is 35.5. The number of halogens is 1. The Morgan fingerprint density at radius 1 is 1.18 bits per heavy atom. The van der Waals surface area contributed by atoms with E-state index >= 15 is 0 Å². The van der Waals surface area contributed by atoms with Gasteiger partial charge in [0.05, 0.1) is 0 Å². The zero-order chi connectivity index (χ0) is 12.3. The van der Waals surface area contributed by atoms with Crippen molar-refractivity contribution in [1.82, 2.24) is 5.32 Å². The fraction of sp³-hybridized carbons (Fsp3) is 0.286. The molecule has 0 saturated heterocycles. The molecular weight excluding hydrogens is 234 g/mol. The molecule has 0 bridgehead atoms. The second-order valence-corrected chi connectivity index (χ2v) is 4.60. The maximum absolute atomic E-state index is 5.85. The van der Waals surface area contributed by atoms with E-state index in [0.29, 0.717) is 6.04 Å². The van der Waals surface area contributed by atoms with Crippen LogP contribution in [0.1, 0.15) is 12.7 Å². The smallest absolute Gasteiger partial charge is 0.134 e. The van der Waals surface area contributed by atoms with Crippen LogP contribution in [0.4, 0.5) is 0 Å². The first kappa shape index (κ1) is 12.2. The Morgan fingerprint density at radius 3 is 2.53 bits per heavy atom. The summed E-state index contributed by atoms with van der Waals surface area (Å²) in [5.41, 5.74) is 1.05. The zero-order valence-electron chi connectivity index (χ0n) is 10.0. The molecule has 3 heteroatoms. The van der Waals surface area contributed by atoms with Gasteiger partial charge in [-0.15, -0.1) is 0 Å². The van der Waals surface area contributed by atoms with Crippen LogP contribution in [-0.2, 0) is 6.42 Å². The lowest BCUT2D eigenvalue weighted by Gasteiger charge is -2.06. The third-order valence-corrected chi connectivity index (χ3v) is 3.04. The first-order chi connectivity index (χ1) is 8.19. The maximum atomic E-state index is 5.85. The van der Waals surface area contributed by atoms with Crippen molar-refractivity contribution in [2.45, 2.75) is 19.4 Å². The van der Waals surface area contributed by atoms with E-state index in [2.05, 4.69) is 12.2 Å². The lowest BCUT2D eigenvalue weighted by molar-refractivity contribution is 0.481. The molecule has 0 saturated carbocycles. The highest BCUT2D eigenvalue weighted by molar-refractivity contribution is 6.30. The van der Waals surface area contributed by atoms with Crippen LogP contribution < -0.4 is 5.32 Å². The summed E-state index contributed by atoms with van der Waals surface area (Å²) in [6, 6.07) is 12.1. The Bertz CT molecular complexity index is 475. The average molecular weight is 250 g/mol. The highest BCUT2D eigenvalue weighted by Gasteiger charge is 2.07. The first-order valence-electron chi connectivity index (χ1n) is 5.71. The van der Waals surface area contributed by atoms with Gasteiger partial charge in [-0.05, 0) is 50.4 Å². The maximum Gasteiger partial charge on any atom is 0.134 e. The normalized spacial score (nSPS) is 12.6. The minimum absolute atomic E-state index is 0.416. The van der Waals surface area contributed by atoms with Crippen LogP contribution in [0.25, 0.3) is 11.3 Å². The van der Waals surface area contributed by atoms with Crippen molar-refractivity contribution in [2.24, 2.45) is 0 Å². The van der Waals surface area contributed by atoms with Gasteiger partial charge in [0.1, 0.15) is 11.5 Å². The minimum Gasteiger partial charge on any atom is -0.461 e. The lowest BCUT2D eigenvalue weighted by atomic mass is 10.2. The average Bonchev–Trinajstić information content (AvgIpc) is 2.78. The van der Waals surface area contributed by atoms with Crippen LogP contribution in [0.3, 0.4) is 0 Å². The minimum atomic E-state index is 0.416. The zero-order valence-corrected chi connectivity index (χ0v) is 10.8. The molecule has 0 radical (unpaired) electrons. The lowest BCUT2D eigenvalue weighted by Crippen LogP contribution is -2.23. The molecule has 1 aromatic heterocycles. The number of hydrogen-bond acceptors (Lipinski definition) is 2. The van der Waals surface area contributed by atoms with Gasteiger partial charge >= 0.3 is 0 Å². The largest absolute Gasteiger partial charge is 0.461 e. The second kappa shape index (κ2) is 5.39. The number of furan rings is 1. The van der Waals surface area contributed by atoms with Crippen LogP contribution in [-0.4, -0.2) is 13.1 Å². The van der Waals surface area contributed by atoms with Crippen molar-refractivity contribution in [1.29, 1.82) is 0 Å². The summed E-state index contributed by atoms with van der Waals surface area (Å²) in [4.78, 5) is 0. The molecule has 1 atom stereocenters. The van der Waals surface area contributed by atoms with Crippen molar-refractivity contribution in [3.05, 3.63) is 47.2 Å². The molecule has 1 N–H and O–H groups in total. The molecule has 17 heavy (non-hydrogen) atoms. The van der Waals surface area contributed by atoms with Crippen LogP contribution in [0.2, 0.25) is 5.02 Å². The van der Waals surface area contributed by atoms with E-state index < -0.39 is 0 Å². The van der Waals surface area contributed by atoms with Gasteiger partial charge in [-0.3, -0.25) is 0 Å².